The average Bonchev–Trinajstić information content (AvgIpc) is 3.02. The maximum absolute atomic E-state index is 13.4. The zero-order chi connectivity index (χ0) is 21.3. The van der Waals surface area contributed by atoms with Crippen LogP contribution in [0.15, 0.2) is 51.7 Å². The van der Waals surface area contributed by atoms with Crippen molar-refractivity contribution < 1.29 is 18.7 Å². The van der Waals surface area contributed by atoms with Gasteiger partial charge in [-0.1, -0.05) is 23.7 Å². The molecular weight excluding hydrogens is 406 g/mol. The van der Waals surface area contributed by atoms with Crippen LogP contribution in [0.2, 0.25) is 5.02 Å². The number of ether oxygens (including phenoxy) is 2. The lowest BCUT2D eigenvalue weighted by atomic mass is 9.98. The van der Waals surface area contributed by atoms with E-state index < -0.39 is 6.04 Å². The van der Waals surface area contributed by atoms with Gasteiger partial charge in [-0.05, 0) is 49.2 Å². The first-order valence-corrected chi connectivity index (χ1v) is 10.2. The molecule has 30 heavy (non-hydrogen) atoms. The first-order valence-electron chi connectivity index (χ1n) is 9.84. The third-order valence-electron chi connectivity index (χ3n) is 5.16. The second-order valence-electron chi connectivity index (χ2n) is 7.07. The van der Waals surface area contributed by atoms with E-state index in [1.165, 1.54) is 0 Å². The number of carbonyl (C=O) groups excluding carboxylic acids is 1. The Kier molecular flexibility index (Phi) is 5.79. The molecule has 0 aliphatic carbocycles. The zero-order valence-corrected chi connectivity index (χ0v) is 17.6. The van der Waals surface area contributed by atoms with Gasteiger partial charge in [0.2, 0.25) is 5.76 Å². The van der Waals surface area contributed by atoms with Crippen molar-refractivity contribution in [1.82, 2.24) is 4.90 Å². The van der Waals surface area contributed by atoms with Crippen molar-refractivity contribution in [3.63, 3.8) is 0 Å². The van der Waals surface area contributed by atoms with E-state index in [-0.39, 0.29) is 17.1 Å². The van der Waals surface area contributed by atoms with E-state index in [4.69, 9.17) is 25.5 Å². The first-order chi connectivity index (χ1) is 14.5. The summed E-state index contributed by atoms with van der Waals surface area (Å²) in [5.74, 6) is 0.460. The van der Waals surface area contributed by atoms with Crippen molar-refractivity contribution in [2.75, 3.05) is 26.9 Å². The largest absolute Gasteiger partial charge is 0.494 e. The number of benzene rings is 2. The molecule has 3 aromatic rings. The topological polar surface area (TPSA) is 69.0 Å². The number of hydrogen-bond donors (Lipinski definition) is 0. The van der Waals surface area contributed by atoms with Crippen LogP contribution in [0.25, 0.3) is 11.0 Å². The molecule has 0 N–H and O–H groups in total. The molecular formula is C23H22ClNO5. The molecule has 1 unspecified atom stereocenters. The average molecular weight is 428 g/mol. The second-order valence-corrected chi connectivity index (χ2v) is 7.50. The zero-order valence-electron chi connectivity index (χ0n) is 16.8. The van der Waals surface area contributed by atoms with Crippen LogP contribution in [0.5, 0.6) is 5.75 Å². The highest BCUT2D eigenvalue weighted by atomic mass is 35.5. The summed E-state index contributed by atoms with van der Waals surface area (Å²) >= 11 is 6.10. The van der Waals surface area contributed by atoms with Gasteiger partial charge in [0.1, 0.15) is 11.3 Å². The monoisotopic (exact) mass is 427 g/mol. The van der Waals surface area contributed by atoms with E-state index in [2.05, 4.69) is 0 Å². The summed E-state index contributed by atoms with van der Waals surface area (Å²) in [7, 11) is 1.62. The van der Waals surface area contributed by atoms with Crippen molar-refractivity contribution in [2.24, 2.45) is 0 Å². The number of hydrogen-bond acceptors (Lipinski definition) is 5. The van der Waals surface area contributed by atoms with Gasteiger partial charge in [-0.2, -0.15) is 0 Å². The van der Waals surface area contributed by atoms with E-state index in [9.17, 15) is 9.59 Å². The minimum atomic E-state index is -0.565. The van der Waals surface area contributed by atoms with Gasteiger partial charge in [-0.25, -0.2) is 0 Å². The minimum Gasteiger partial charge on any atom is -0.494 e. The number of amides is 1. The Hall–Kier alpha value is -2.83. The van der Waals surface area contributed by atoms with E-state index in [0.29, 0.717) is 53.5 Å². The molecule has 0 radical (unpaired) electrons. The van der Waals surface area contributed by atoms with E-state index in [0.717, 1.165) is 5.56 Å². The van der Waals surface area contributed by atoms with Crippen molar-refractivity contribution in [3.8, 4) is 5.75 Å². The Labute approximate surface area is 179 Å². The smallest absolute Gasteiger partial charge is 0.290 e. The maximum Gasteiger partial charge on any atom is 0.290 e. The van der Waals surface area contributed by atoms with Crippen LogP contribution in [-0.4, -0.2) is 37.7 Å². The van der Waals surface area contributed by atoms with Crippen LogP contribution < -0.4 is 10.2 Å². The molecule has 1 amide bonds. The SMILES string of the molecule is CCOc1cccc(C2c3c(oc4ccc(Cl)cc4c3=O)C(=O)N2CCCOC)c1. The Morgan fingerprint density at radius 3 is 2.77 bits per heavy atom. The maximum atomic E-state index is 13.4. The highest BCUT2D eigenvalue weighted by molar-refractivity contribution is 6.31. The Morgan fingerprint density at radius 2 is 2.00 bits per heavy atom. The third kappa shape index (κ3) is 3.57. The number of halogens is 1. The highest BCUT2D eigenvalue weighted by Crippen LogP contribution is 2.39. The molecule has 4 rings (SSSR count). The lowest BCUT2D eigenvalue weighted by molar-refractivity contribution is 0.0707. The fraction of sp³-hybridized carbons (Fsp3) is 0.304. The van der Waals surface area contributed by atoms with Crippen molar-refractivity contribution in [1.29, 1.82) is 0 Å². The second kappa shape index (κ2) is 8.50. The first kappa shape index (κ1) is 20.4. The van der Waals surface area contributed by atoms with Gasteiger partial charge in [0.15, 0.2) is 5.43 Å². The van der Waals surface area contributed by atoms with Gasteiger partial charge >= 0.3 is 0 Å². The van der Waals surface area contributed by atoms with E-state index in [1.807, 2.05) is 31.2 Å². The summed E-state index contributed by atoms with van der Waals surface area (Å²) < 4.78 is 16.7. The molecule has 2 aromatic carbocycles. The summed E-state index contributed by atoms with van der Waals surface area (Å²) in [6, 6.07) is 11.7. The molecule has 1 aliphatic heterocycles. The molecule has 0 saturated carbocycles. The molecule has 6 nitrogen and oxygen atoms in total. The summed E-state index contributed by atoms with van der Waals surface area (Å²) in [5, 5.41) is 0.796. The van der Waals surface area contributed by atoms with Gasteiger partial charge in [0.25, 0.3) is 5.91 Å². The fourth-order valence-electron chi connectivity index (χ4n) is 3.89. The van der Waals surface area contributed by atoms with Crippen LogP contribution in [0, 0.1) is 0 Å². The molecule has 0 spiro atoms. The number of nitrogens with zero attached hydrogens (tertiary/aromatic N) is 1. The molecule has 1 aliphatic rings. The van der Waals surface area contributed by atoms with Gasteiger partial charge < -0.3 is 18.8 Å². The van der Waals surface area contributed by atoms with Gasteiger partial charge in [0.05, 0.1) is 23.6 Å². The standard InChI is InChI=1S/C23H22ClNO5/c1-3-29-16-7-4-6-14(12-16)20-19-21(26)17-13-15(24)8-9-18(17)30-22(19)23(27)25(20)10-5-11-28-2/h4,6-9,12-13,20H,3,5,10-11H2,1-2H3. The lowest BCUT2D eigenvalue weighted by Gasteiger charge is -2.25. The fourth-order valence-corrected chi connectivity index (χ4v) is 4.06. The molecule has 156 valence electrons. The van der Waals surface area contributed by atoms with Crippen molar-refractivity contribution in [3.05, 3.63) is 74.6 Å². The Bertz CT molecular complexity index is 1160. The molecule has 2 heterocycles. The Balaban J connectivity index is 1.90. The number of carbonyl (C=O) groups is 1. The van der Waals surface area contributed by atoms with Crippen LogP contribution in [0.4, 0.5) is 0 Å². The Morgan fingerprint density at radius 1 is 1.17 bits per heavy atom. The lowest BCUT2D eigenvalue weighted by Crippen LogP contribution is -2.31. The molecule has 1 atom stereocenters. The van der Waals surface area contributed by atoms with Crippen LogP contribution in [0.3, 0.4) is 0 Å². The predicted octanol–water partition coefficient (Wildman–Crippen LogP) is 4.43. The van der Waals surface area contributed by atoms with Gasteiger partial charge in [-0.15, -0.1) is 0 Å². The van der Waals surface area contributed by atoms with Crippen LogP contribution in [-0.2, 0) is 4.74 Å². The number of methoxy groups -OCH3 is 1. The van der Waals surface area contributed by atoms with Crippen molar-refractivity contribution >= 4 is 28.5 Å². The van der Waals surface area contributed by atoms with Crippen molar-refractivity contribution in [2.45, 2.75) is 19.4 Å². The summed E-state index contributed by atoms with van der Waals surface area (Å²) in [6.07, 6.45) is 0.636. The van der Waals surface area contributed by atoms with Gasteiger partial charge in [0, 0.05) is 25.3 Å². The van der Waals surface area contributed by atoms with Gasteiger partial charge in [-0.3, -0.25) is 9.59 Å². The molecule has 1 aromatic heterocycles. The van der Waals surface area contributed by atoms with E-state index in [1.54, 1.807) is 30.2 Å². The molecule has 0 saturated heterocycles. The molecule has 0 bridgehead atoms. The third-order valence-corrected chi connectivity index (χ3v) is 5.40. The quantitative estimate of drug-likeness (QED) is 0.522. The molecule has 0 fully saturated rings. The molecule has 7 heteroatoms. The van der Waals surface area contributed by atoms with E-state index >= 15 is 0 Å². The number of rotatable bonds is 7. The minimum absolute atomic E-state index is 0.0825. The normalized spacial score (nSPS) is 15.6. The summed E-state index contributed by atoms with van der Waals surface area (Å²) in [6.45, 7) is 3.36. The van der Waals surface area contributed by atoms with Crippen LogP contribution in [0.1, 0.15) is 41.1 Å². The predicted molar refractivity (Wildman–Crippen MR) is 114 cm³/mol. The summed E-state index contributed by atoms with van der Waals surface area (Å²) in [4.78, 5) is 28.3. The van der Waals surface area contributed by atoms with Crippen LogP contribution >= 0.6 is 11.6 Å². The summed E-state index contributed by atoms with van der Waals surface area (Å²) in [5.41, 5.74) is 1.22. The highest BCUT2D eigenvalue weighted by Gasteiger charge is 2.42. The number of fused-ring (bicyclic) bond motifs is 2.